The molecule has 188 valence electrons. The highest BCUT2D eigenvalue weighted by Crippen LogP contribution is 2.26. The summed E-state index contributed by atoms with van der Waals surface area (Å²) in [6.07, 6.45) is 0.115. The Labute approximate surface area is 209 Å². The summed E-state index contributed by atoms with van der Waals surface area (Å²) in [4.78, 5) is 35.8. The van der Waals surface area contributed by atoms with Gasteiger partial charge in [0.2, 0.25) is 5.91 Å². The number of para-hydroxylation sites is 1. The van der Waals surface area contributed by atoms with Gasteiger partial charge in [-0.15, -0.1) is 0 Å². The summed E-state index contributed by atoms with van der Waals surface area (Å²) in [6.45, 7) is 3.94. The minimum Gasteiger partial charge on any atom is -0.495 e. The largest absolute Gasteiger partial charge is 0.495 e. The first-order valence-corrected chi connectivity index (χ1v) is 11.3. The molecule has 0 unspecified atom stereocenters. The van der Waals surface area contributed by atoms with Crippen LogP contribution in [0, 0.1) is 6.92 Å². The molecule has 3 amide bonds. The SMILES string of the molecule is COc1cc(CC(=O)N[C@@H](C)COc2ccc(C(=O)O)cc2)ccc1NC(=O)Nc1ccccc1C. The van der Waals surface area contributed by atoms with E-state index in [4.69, 9.17) is 14.6 Å². The Bertz CT molecular complexity index is 1230. The molecule has 0 bridgehead atoms. The lowest BCUT2D eigenvalue weighted by Gasteiger charge is -2.16. The number of carbonyl (C=O) groups excluding carboxylic acids is 2. The van der Waals surface area contributed by atoms with E-state index >= 15 is 0 Å². The van der Waals surface area contributed by atoms with Crippen molar-refractivity contribution >= 4 is 29.3 Å². The number of carbonyl (C=O) groups is 3. The predicted octanol–water partition coefficient (Wildman–Crippen LogP) is 4.47. The standard InChI is InChI=1S/C27H29N3O6/c1-17-6-4-5-7-22(17)29-27(34)30-23-13-8-19(14-24(23)35-3)15-25(31)28-18(2)16-36-21-11-9-20(10-12-21)26(32)33/h4-14,18H,15-16H2,1-3H3,(H,28,31)(H,32,33)(H2,29,30,34)/t18-/m0/s1. The Hall–Kier alpha value is -4.53. The number of anilines is 2. The van der Waals surface area contributed by atoms with Crippen molar-refractivity contribution in [1.82, 2.24) is 5.32 Å². The summed E-state index contributed by atoms with van der Waals surface area (Å²) in [5, 5.41) is 17.4. The molecular formula is C27H29N3O6. The third kappa shape index (κ3) is 7.49. The molecule has 9 nitrogen and oxygen atoms in total. The second-order valence-electron chi connectivity index (χ2n) is 8.21. The van der Waals surface area contributed by atoms with Crippen molar-refractivity contribution in [2.24, 2.45) is 0 Å². The lowest BCUT2D eigenvalue weighted by atomic mass is 10.1. The number of methoxy groups -OCH3 is 1. The highest BCUT2D eigenvalue weighted by molar-refractivity contribution is 6.01. The van der Waals surface area contributed by atoms with Gasteiger partial charge in [0.25, 0.3) is 0 Å². The van der Waals surface area contributed by atoms with E-state index in [1.807, 2.05) is 38.1 Å². The van der Waals surface area contributed by atoms with Gasteiger partial charge in [0, 0.05) is 5.69 Å². The van der Waals surface area contributed by atoms with Gasteiger partial charge in [0.1, 0.15) is 18.1 Å². The summed E-state index contributed by atoms with van der Waals surface area (Å²) in [7, 11) is 1.49. The third-order valence-electron chi connectivity index (χ3n) is 5.28. The molecule has 0 saturated carbocycles. The van der Waals surface area contributed by atoms with Crippen LogP contribution in [0.25, 0.3) is 0 Å². The zero-order chi connectivity index (χ0) is 26.1. The molecule has 0 heterocycles. The second-order valence-corrected chi connectivity index (χ2v) is 8.21. The summed E-state index contributed by atoms with van der Waals surface area (Å²) >= 11 is 0. The van der Waals surface area contributed by atoms with Crippen LogP contribution in [0.2, 0.25) is 0 Å². The number of rotatable bonds is 10. The number of hydrogen-bond donors (Lipinski definition) is 4. The van der Waals surface area contributed by atoms with Crippen molar-refractivity contribution in [2.45, 2.75) is 26.3 Å². The van der Waals surface area contributed by atoms with E-state index in [1.165, 1.54) is 19.2 Å². The van der Waals surface area contributed by atoms with Crippen molar-refractivity contribution in [2.75, 3.05) is 24.4 Å². The molecule has 0 spiro atoms. The minimum absolute atomic E-state index is 0.115. The lowest BCUT2D eigenvalue weighted by molar-refractivity contribution is -0.121. The van der Waals surface area contributed by atoms with Crippen LogP contribution in [0.3, 0.4) is 0 Å². The molecule has 1 atom stereocenters. The Morgan fingerprint density at radius 3 is 2.31 bits per heavy atom. The van der Waals surface area contributed by atoms with Gasteiger partial charge in [-0.3, -0.25) is 4.79 Å². The number of hydrogen-bond acceptors (Lipinski definition) is 5. The summed E-state index contributed by atoms with van der Waals surface area (Å²) in [6, 6.07) is 18.0. The third-order valence-corrected chi connectivity index (χ3v) is 5.28. The van der Waals surface area contributed by atoms with Gasteiger partial charge >= 0.3 is 12.0 Å². The Kier molecular flexibility index (Phi) is 8.88. The Morgan fingerprint density at radius 1 is 0.944 bits per heavy atom. The molecule has 0 aromatic heterocycles. The first-order valence-electron chi connectivity index (χ1n) is 11.3. The van der Waals surface area contributed by atoms with Crippen molar-refractivity contribution in [3.8, 4) is 11.5 Å². The number of nitrogens with one attached hydrogen (secondary N) is 3. The van der Waals surface area contributed by atoms with Crippen LogP contribution in [0.4, 0.5) is 16.2 Å². The van der Waals surface area contributed by atoms with Gasteiger partial charge in [0.05, 0.1) is 30.8 Å². The number of carboxylic acid groups (broad SMARTS) is 1. The molecule has 0 fully saturated rings. The van der Waals surface area contributed by atoms with Crippen LogP contribution in [0.15, 0.2) is 66.7 Å². The molecule has 0 aliphatic rings. The van der Waals surface area contributed by atoms with Gasteiger partial charge in [0.15, 0.2) is 0 Å². The van der Waals surface area contributed by atoms with Gasteiger partial charge in [-0.05, 0) is 67.4 Å². The Morgan fingerprint density at radius 2 is 1.64 bits per heavy atom. The van der Waals surface area contributed by atoms with Gasteiger partial charge < -0.3 is 30.5 Å². The van der Waals surface area contributed by atoms with Gasteiger partial charge in [-0.1, -0.05) is 24.3 Å². The first-order chi connectivity index (χ1) is 17.2. The summed E-state index contributed by atoms with van der Waals surface area (Å²) in [5.74, 6) is -0.262. The van der Waals surface area contributed by atoms with E-state index < -0.39 is 12.0 Å². The first kappa shape index (κ1) is 26.1. The van der Waals surface area contributed by atoms with Crippen LogP contribution < -0.4 is 25.4 Å². The molecule has 3 aromatic rings. The van der Waals surface area contributed by atoms with Crippen molar-refractivity contribution < 1.29 is 29.0 Å². The summed E-state index contributed by atoms with van der Waals surface area (Å²) < 4.78 is 11.0. The molecule has 9 heteroatoms. The van der Waals surface area contributed by atoms with Crippen LogP contribution >= 0.6 is 0 Å². The topological polar surface area (TPSA) is 126 Å². The number of benzene rings is 3. The van der Waals surface area contributed by atoms with Gasteiger partial charge in [-0.2, -0.15) is 0 Å². The minimum atomic E-state index is -1.01. The molecular weight excluding hydrogens is 462 g/mol. The normalized spacial score (nSPS) is 11.2. The maximum atomic E-state index is 12.5. The van der Waals surface area contributed by atoms with Crippen LogP contribution in [-0.2, 0) is 11.2 Å². The zero-order valence-electron chi connectivity index (χ0n) is 20.3. The second kappa shape index (κ2) is 12.3. The Balaban J connectivity index is 1.51. The highest BCUT2D eigenvalue weighted by Gasteiger charge is 2.13. The number of urea groups is 1. The fraction of sp³-hybridized carbons (Fsp3) is 0.222. The monoisotopic (exact) mass is 491 g/mol. The van der Waals surface area contributed by atoms with E-state index in [1.54, 1.807) is 30.3 Å². The van der Waals surface area contributed by atoms with E-state index in [9.17, 15) is 14.4 Å². The van der Waals surface area contributed by atoms with E-state index in [-0.39, 0.29) is 30.5 Å². The predicted molar refractivity (Wildman–Crippen MR) is 137 cm³/mol. The van der Waals surface area contributed by atoms with Crippen LogP contribution in [-0.4, -0.2) is 42.8 Å². The fourth-order valence-electron chi connectivity index (χ4n) is 3.41. The fourth-order valence-corrected chi connectivity index (χ4v) is 3.41. The molecule has 0 aliphatic carbocycles. The maximum absolute atomic E-state index is 12.5. The molecule has 0 aliphatic heterocycles. The van der Waals surface area contributed by atoms with Crippen molar-refractivity contribution in [1.29, 1.82) is 0 Å². The number of carboxylic acids is 1. The molecule has 3 rings (SSSR count). The number of aromatic carboxylic acids is 1. The van der Waals surface area contributed by atoms with Gasteiger partial charge in [-0.25, -0.2) is 9.59 Å². The number of aryl methyl sites for hydroxylation is 1. The number of ether oxygens (including phenoxy) is 2. The molecule has 0 saturated heterocycles. The van der Waals surface area contributed by atoms with E-state index in [0.717, 1.165) is 5.56 Å². The van der Waals surface area contributed by atoms with E-state index in [2.05, 4.69) is 16.0 Å². The quantitative estimate of drug-likeness (QED) is 0.332. The average molecular weight is 492 g/mol. The molecule has 4 N–H and O–H groups in total. The molecule has 36 heavy (non-hydrogen) atoms. The van der Waals surface area contributed by atoms with Crippen LogP contribution in [0.5, 0.6) is 11.5 Å². The maximum Gasteiger partial charge on any atom is 0.335 e. The zero-order valence-corrected chi connectivity index (χ0v) is 20.3. The van der Waals surface area contributed by atoms with Crippen molar-refractivity contribution in [3.05, 3.63) is 83.4 Å². The average Bonchev–Trinajstić information content (AvgIpc) is 2.85. The van der Waals surface area contributed by atoms with Crippen LogP contribution in [0.1, 0.15) is 28.4 Å². The lowest BCUT2D eigenvalue weighted by Crippen LogP contribution is -2.37. The number of amides is 3. The highest BCUT2D eigenvalue weighted by atomic mass is 16.5. The molecule has 0 radical (unpaired) electrons. The summed E-state index contributed by atoms with van der Waals surface area (Å²) in [5.41, 5.74) is 3.01. The van der Waals surface area contributed by atoms with Crippen molar-refractivity contribution in [3.63, 3.8) is 0 Å². The molecule has 3 aromatic carbocycles. The smallest absolute Gasteiger partial charge is 0.335 e. The van der Waals surface area contributed by atoms with E-state index in [0.29, 0.717) is 28.4 Å².